The monoisotopic (exact) mass is 338 g/mol. The van der Waals surface area contributed by atoms with Crippen LogP contribution in [0.3, 0.4) is 0 Å². The van der Waals surface area contributed by atoms with Gasteiger partial charge in [-0.25, -0.2) is 0 Å². The molecule has 1 heteroatoms. The van der Waals surface area contributed by atoms with Crippen molar-refractivity contribution in [1.29, 1.82) is 0 Å². The van der Waals surface area contributed by atoms with Crippen LogP contribution in [0.25, 0.3) is 0 Å². The molecular formula is C19H21Y-. The number of rotatable bonds is 2. The van der Waals surface area contributed by atoms with Crippen molar-refractivity contribution >= 4 is 0 Å². The minimum atomic E-state index is 0. The Balaban J connectivity index is 0.00000147. The summed E-state index contributed by atoms with van der Waals surface area (Å²) in [5.41, 5.74) is 4.54. The summed E-state index contributed by atoms with van der Waals surface area (Å²) in [4.78, 5) is 0. The molecule has 0 amide bonds. The fraction of sp³-hybridized carbons (Fsp3) is 0.368. The van der Waals surface area contributed by atoms with Crippen LogP contribution < -0.4 is 0 Å². The average Bonchev–Trinajstić information content (AvgIpc) is 2.49. The first-order valence-electron chi connectivity index (χ1n) is 7.35. The van der Waals surface area contributed by atoms with Crippen molar-refractivity contribution in [2.75, 3.05) is 0 Å². The number of hydrogen-bond acceptors (Lipinski definition) is 0. The van der Waals surface area contributed by atoms with Gasteiger partial charge in [0.05, 0.1) is 0 Å². The Bertz CT molecular complexity index is 521. The van der Waals surface area contributed by atoms with Crippen LogP contribution in [0.5, 0.6) is 0 Å². The van der Waals surface area contributed by atoms with Crippen molar-refractivity contribution in [2.24, 2.45) is 0 Å². The molecule has 2 aromatic carbocycles. The van der Waals surface area contributed by atoms with Crippen molar-refractivity contribution in [3.05, 3.63) is 71.3 Å². The molecule has 0 spiro atoms. The van der Waals surface area contributed by atoms with Gasteiger partial charge < -0.3 is 0 Å². The third-order valence-corrected chi connectivity index (χ3v) is 4.58. The van der Waals surface area contributed by atoms with Gasteiger partial charge in [0.25, 0.3) is 0 Å². The zero-order valence-electron chi connectivity index (χ0n) is 12.2. The van der Waals surface area contributed by atoms with Crippen LogP contribution >= 0.6 is 0 Å². The summed E-state index contributed by atoms with van der Waals surface area (Å²) in [7, 11) is 0. The van der Waals surface area contributed by atoms with E-state index in [2.05, 4.69) is 61.5 Å². The standard InChI is InChI=1S/C19H21.Y/c1-16-10-12-18(13-11-16)19(14-6-3-7-15-19)17-8-4-2-5-9-17;/h4-5,8-13H,3,6-7,14-15H2,1H3;/q-1;. The van der Waals surface area contributed by atoms with Crippen molar-refractivity contribution in [3.8, 4) is 0 Å². The normalized spacial score (nSPS) is 17.2. The van der Waals surface area contributed by atoms with Crippen molar-refractivity contribution < 1.29 is 32.7 Å². The van der Waals surface area contributed by atoms with Gasteiger partial charge in [-0.15, -0.1) is 5.56 Å². The number of benzene rings is 2. The van der Waals surface area contributed by atoms with Crippen molar-refractivity contribution in [1.82, 2.24) is 0 Å². The summed E-state index contributed by atoms with van der Waals surface area (Å²) in [6.07, 6.45) is 6.62. The summed E-state index contributed by atoms with van der Waals surface area (Å²) < 4.78 is 0. The smallest absolute Gasteiger partial charge is 0 e. The fourth-order valence-electron chi connectivity index (χ4n) is 3.48. The van der Waals surface area contributed by atoms with Crippen LogP contribution in [-0.2, 0) is 38.1 Å². The first-order chi connectivity index (χ1) is 9.31. The predicted octanol–water partition coefficient (Wildman–Crippen LogP) is 5.04. The van der Waals surface area contributed by atoms with E-state index < -0.39 is 0 Å². The average molecular weight is 338 g/mol. The van der Waals surface area contributed by atoms with Gasteiger partial charge >= 0.3 is 0 Å². The van der Waals surface area contributed by atoms with Gasteiger partial charge in [0.1, 0.15) is 0 Å². The molecule has 0 aromatic heterocycles. The molecule has 3 rings (SSSR count). The van der Waals surface area contributed by atoms with Crippen molar-refractivity contribution in [2.45, 2.75) is 44.4 Å². The molecule has 0 atom stereocenters. The maximum Gasteiger partial charge on any atom is 0 e. The van der Waals surface area contributed by atoms with Gasteiger partial charge in [0.15, 0.2) is 0 Å². The topological polar surface area (TPSA) is 0 Å². The molecule has 1 fully saturated rings. The zero-order chi connectivity index (χ0) is 13.1. The second-order valence-electron chi connectivity index (χ2n) is 5.80. The van der Waals surface area contributed by atoms with Gasteiger partial charge in [-0.3, -0.25) is 0 Å². The van der Waals surface area contributed by atoms with Crippen LogP contribution in [-0.4, -0.2) is 0 Å². The van der Waals surface area contributed by atoms with E-state index in [-0.39, 0.29) is 38.1 Å². The van der Waals surface area contributed by atoms with Gasteiger partial charge in [-0.1, -0.05) is 49.1 Å². The minimum absolute atomic E-state index is 0. The molecule has 1 radical (unpaired) electrons. The second-order valence-corrected chi connectivity index (χ2v) is 5.80. The predicted molar refractivity (Wildman–Crippen MR) is 80.3 cm³/mol. The van der Waals surface area contributed by atoms with E-state index >= 15 is 0 Å². The van der Waals surface area contributed by atoms with Crippen LogP contribution in [0.2, 0.25) is 0 Å². The summed E-state index contributed by atoms with van der Waals surface area (Å²) >= 11 is 0. The van der Waals surface area contributed by atoms with Gasteiger partial charge in [-0.05, 0) is 30.7 Å². The molecule has 1 aliphatic rings. The van der Waals surface area contributed by atoms with Crippen LogP contribution in [0, 0.1) is 13.0 Å². The van der Waals surface area contributed by atoms with Crippen molar-refractivity contribution in [3.63, 3.8) is 0 Å². The maximum absolute atomic E-state index is 3.15. The van der Waals surface area contributed by atoms with E-state index in [0.29, 0.717) is 0 Å². The Kier molecular flexibility index (Phi) is 5.58. The third kappa shape index (κ3) is 3.07. The fourth-order valence-corrected chi connectivity index (χ4v) is 3.48. The zero-order valence-corrected chi connectivity index (χ0v) is 15.1. The van der Waals surface area contributed by atoms with Gasteiger partial charge in [0.2, 0.25) is 0 Å². The second kappa shape index (κ2) is 7.01. The molecule has 0 nitrogen and oxygen atoms in total. The molecule has 20 heavy (non-hydrogen) atoms. The maximum atomic E-state index is 3.15. The van der Waals surface area contributed by atoms with E-state index in [4.69, 9.17) is 0 Å². The molecule has 1 saturated carbocycles. The van der Waals surface area contributed by atoms with Gasteiger partial charge in [-0.2, -0.15) is 30.3 Å². The van der Waals surface area contributed by atoms with Crippen LogP contribution in [0.1, 0.15) is 48.8 Å². The molecule has 0 heterocycles. The van der Waals surface area contributed by atoms with E-state index in [1.165, 1.54) is 48.8 Å². The molecule has 0 bridgehead atoms. The largest absolute Gasteiger partial charge is 0.184 e. The Hall–Kier alpha value is -0.456. The summed E-state index contributed by atoms with van der Waals surface area (Å²) in [6.45, 7) is 2.16. The summed E-state index contributed by atoms with van der Waals surface area (Å²) in [5.74, 6) is 0. The molecule has 0 saturated heterocycles. The SMILES string of the molecule is Cc1ccc(C2(c3cc[c-]cc3)CCCCC2)cc1.[Y]. The first-order valence-corrected chi connectivity index (χ1v) is 7.35. The molecule has 0 N–H and O–H groups in total. The quantitative estimate of drug-likeness (QED) is 0.673. The molecule has 0 unspecified atom stereocenters. The Morgan fingerprint density at radius 2 is 1.35 bits per heavy atom. The molecule has 2 aromatic rings. The minimum Gasteiger partial charge on any atom is -0.184 e. The number of aryl methyl sites for hydroxylation is 1. The Morgan fingerprint density at radius 1 is 0.800 bits per heavy atom. The molecule has 0 aliphatic heterocycles. The number of hydrogen-bond donors (Lipinski definition) is 0. The molecule has 1 aliphatic carbocycles. The van der Waals surface area contributed by atoms with Crippen LogP contribution in [0.4, 0.5) is 0 Å². The Morgan fingerprint density at radius 3 is 1.95 bits per heavy atom. The molecule has 101 valence electrons. The third-order valence-electron chi connectivity index (χ3n) is 4.58. The van der Waals surface area contributed by atoms with E-state index in [1.54, 1.807) is 0 Å². The van der Waals surface area contributed by atoms with Gasteiger partial charge in [0, 0.05) is 32.7 Å². The molecular weight excluding hydrogens is 317 g/mol. The van der Waals surface area contributed by atoms with E-state index in [9.17, 15) is 0 Å². The van der Waals surface area contributed by atoms with E-state index in [1.807, 2.05) is 0 Å². The summed E-state index contributed by atoms with van der Waals surface area (Å²) in [5, 5.41) is 0. The van der Waals surface area contributed by atoms with E-state index in [0.717, 1.165) is 0 Å². The summed E-state index contributed by atoms with van der Waals surface area (Å²) in [6, 6.07) is 20.9. The Labute approximate surface area is 147 Å². The first kappa shape index (κ1) is 15.9. The van der Waals surface area contributed by atoms with Crippen LogP contribution in [0.15, 0.2) is 48.5 Å².